The molecule has 0 fully saturated rings. The van der Waals surface area contributed by atoms with Crippen molar-refractivity contribution < 1.29 is 27.6 Å². The standard InChI is InChI=1S/C24H21F3N4O3/c1-14(2)11-17-7-8-18(12-19(17)24(25,26)27)22-28-21(30-34-22)16-5-3-15(4-6-16)13-31-10-9-20(29-31)23(32)33/h3-10,12,14H,11,13H2,1-2H3,(H,32,33). The molecule has 4 rings (SSSR count). The van der Waals surface area contributed by atoms with E-state index < -0.39 is 17.7 Å². The van der Waals surface area contributed by atoms with Gasteiger partial charge in [0.05, 0.1) is 12.1 Å². The lowest BCUT2D eigenvalue weighted by atomic mass is 9.96. The number of alkyl halides is 3. The Labute approximate surface area is 192 Å². The van der Waals surface area contributed by atoms with Gasteiger partial charge in [0, 0.05) is 17.3 Å². The van der Waals surface area contributed by atoms with E-state index in [1.807, 2.05) is 13.8 Å². The molecule has 0 saturated heterocycles. The molecule has 0 spiro atoms. The third kappa shape index (κ3) is 5.16. The highest BCUT2D eigenvalue weighted by molar-refractivity contribution is 5.85. The van der Waals surface area contributed by atoms with Gasteiger partial charge >= 0.3 is 12.1 Å². The summed E-state index contributed by atoms with van der Waals surface area (Å²) in [7, 11) is 0. The number of aromatic carboxylic acids is 1. The first-order valence-electron chi connectivity index (χ1n) is 10.5. The van der Waals surface area contributed by atoms with Crippen LogP contribution in [0.4, 0.5) is 13.2 Å². The highest BCUT2D eigenvalue weighted by atomic mass is 19.4. The molecule has 0 aliphatic rings. The summed E-state index contributed by atoms with van der Waals surface area (Å²) in [5, 5.41) is 16.8. The van der Waals surface area contributed by atoms with Gasteiger partial charge in [-0.3, -0.25) is 4.68 Å². The maximum absolute atomic E-state index is 13.6. The molecule has 7 nitrogen and oxygen atoms in total. The summed E-state index contributed by atoms with van der Waals surface area (Å²) < 4.78 is 47.5. The zero-order chi connectivity index (χ0) is 24.5. The number of nitrogens with zero attached hydrogens (tertiary/aromatic N) is 4. The van der Waals surface area contributed by atoms with Gasteiger partial charge in [-0.25, -0.2) is 4.79 Å². The molecule has 0 unspecified atom stereocenters. The van der Waals surface area contributed by atoms with Crippen molar-refractivity contribution in [2.75, 3.05) is 0 Å². The van der Waals surface area contributed by atoms with Gasteiger partial charge in [-0.2, -0.15) is 23.3 Å². The molecule has 34 heavy (non-hydrogen) atoms. The van der Waals surface area contributed by atoms with Crippen LogP contribution in [0.25, 0.3) is 22.8 Å². The second-order valence-corrected chi connectivity index (χ2v) is 8.29. The Balaban J connectivity index is 1.54. The SMILES string of the molecule is CC(C)Cc1ccc(-c2nc(-c3ccc(Cn4ccc(C(=O)O)n4)cc3)no2)cc1C(F)(F)F. The van der Waals surface area contributed by atoms with E-state index in [9.17, 15) is 18.0 Å². The summed E-state index contributed by atoms with van der Waals surface area (Å²) in [5.74, 6) is -0.775. The number of rotatable bonds is 7. The molecule has 0 radical (unpaired) electrons. The average molecular weight is 470 g/mol. The van der Waals surface area contributed by atoms with Crippen molar-refractivity contribution in [2.24, 2.45) is 5.92 Å². The van der Waals surface area contributed by atoms with E-state index in [2.05, 4.69) is 15.2 Å². The first kappa shape index (κ1) is 23.2. The van der Waals surface area contributed by atoms with Crippen LogP contribution in [-0.2, 0) is 19.1 Å². The van der Waals surface area contributed by atoms with E-state index in [0.717, 1.165) is 11.6 Å². The van der Waals surface area contributed by atoms with Crippen LogP contribution in [0.5, 0.6) is 0 Å². The van der Waals surface area contributed by atoms with E-state index >= 15 is 0 Å². The fourth-order valence-electron chi connectivity index (χ4n) is 3.56. The van der Waals surface area contributed by atoms with E-state index in [4.69, 9.17) is 9.63 Å². The zero-order valence-corrected chi connectivity index (χ0v) is 18.4. The summed E-state index contributed by atoms with van der Waals surface area (Å²) in [5.41, 5.74) is 1.17. The minimum atomic E-state index is -4.49. The topological polar surface area (TPSA) is 94.0 Å². The second kappa shape index (κ2) is 9.12. The van der Waals surface area contributed by atoms with Crippen molar-refractivity contribution in [2.45, 2.75) is 33.0 Å². The lowest BCUT2D eigenvalue weighted by molar-refractivity contribution is -0.138. The highest BCUT2D eigenvalue weighted by Crippen LogP contribution is 2.36. The Morgan fingerprint density at radius 1 is 1.09 bits per heavy atom. The third-order valence-electron chi connectivity index (χ3n) is 5.13. The minimum absolute atomic E-state index is 0.00147. The maximum atomic E-state index is 13.6. The third-order valence-corrected chi connectivity index (χ3v) is 5.13. The van der Waals surface area contributed by atoms with Crippen LogP contribution in [0.3, 0.4) is 0 Å². The number of carboxylic acid groups (broad SMARTS) is 1. The fourth-order valence-corrected chi connectivity index (χ4v) is 3.56. The first-order chi connectivity index (χ1) is 16.1. The Hall–Kier alpha value is -3.95. The van der Waals surface area contributed by atoms with Crippen LogP contribution in [-0.4, -0.2) is 31.0 Å². The molecule has 10 heteroatoms. The smallest absolute Gasteiger partial charge is 0.416 e. The summed E-state index contributed by atoms with van der Waals surface area (Å²) in [6.45, 7) is 4.10. The maximum Gasteiger partial charge on any atom is 0.416 e. The summed E-state index contributed by atoms with van der Waals surface area (Å²) in [6.07, 6.45) is -2.60. The molecular formula is C24H21F3N4O3. The summed E-state index contributed by atoms with van der Waals surface area (Å²) in [4.78, 5) is 15.2. The molecule has 2 heterocycles. The Bertz CT molecular complexity index is 1310. The van der Waals surface area contributed by atoms with Gasteiger partial charge in [-0.05, 0) is 41.7 Å². The highest BCUT2D eigenvalue weighted by Gasteiger charge is 2.34. The molecule has 0 aliphatic heterocycles. The number of benzene rings is 2. The van der Waals surface area contributed by atoms with Crippen molar-refractivity contribution in [3.63, 3.8) is 0 Å². The van der Waals surface area contributed by atoms with Crippen LogP contribution >= 0.6 is 0 Å². The number of aromatic nitrogens is 4. The molecule has 176 valence electrons. The predicted octanol–water partition coefficient (Wildman–Crippen LogP) is 5.56. The number of carbonyl (C=O) groups is 1. The molecule has 0 amide bonds. The van der Waals surface area contributed by atoms with Crippen LogP contribution in [0, 0.1) is 5.92 Å². The number of hydrogen-bond donors (Lipinski definition) is 1. The molecular weight excluding hydrogens is 449 g/mol. The van der Waals surface area contributed by atoms with Crippen molar-refractivity contribution >= 4 is 5.97 Å². The summed E-state index contributed by atoms with van der Waals surface area (Å²) >= 11 is 0. The van der Waals surface area contributed by atoms with Crippen molar-refractivity contribution in [1.82, 2.24) is 19.9 Å². The van der Waals surface area contributed by atoms with Crippen LogP contribution in [0.1, 0.15) is 41.0 Å². The molecule has 0 aliphatic carbocycles. The molecule has 2 aromatic carbocycles. The molecule has 4 aromatic rings. The lowest BCUT2D eigenvalue weighted by Crippen LogP contribution is -2.11. The van der Waals surface area contributed by atoms with Crippen molar-refractivity contribution in [3.8, 4) is 22.8 Å². The van der Waals surface area contributed by atoms with E-state index in [-0.39, 0.29) is 34.5 Å². The van der Waals surface area contributed by atoms with E-state index in [1.54, 1.807) is 36.5 Å². The van der Waals surface area contributed by atoms with Crippen molar-refractivity contribution in [1.29, 1.82) is 0 Å². The number of hydrogen-bond acceptors (Lipinski definition) is 5. The fraction of sp³-hybridized carbons (Fsp3) is 0.250. The second-order valence-electron chi connectivity index (χ2n) is 8.29. The van der Waals surface area contributed by atoms with Crippen LogP contribution < -0.4 is 0 Å². The van der Waals surface area contributed by atoms with Gasteiger partial charge in [0.2, 0.25) is 5.82 Å². The summed E-state index contributed by atoms with van der Waals surface area (Å²) in [6, 6.07) is 12.6. The van der Waals surface area contributed by atoms with Gasteiger partial charge < -0.3 is 9.63 Å². The van der Waals surface area contributed by atoms with Gasteiger partial charge in [0.1, 0.15) is 0 Å². The lowest BCUT2D eigenvalue weighted by Gasteiger charge is -2.15. The van der Waals surface area contributed by atoms with Gasteiger partial charge in [0.25, 0.3) is 5.89 Å². The number of halogens is 3. The van der Waals surface area contributed by atoms with E-state index in [1.165, 1.54) is 16.8 Å². The quantitative estimate of drug-likeness (QED) is 0.380. The van der Waals surface area contributed by atoms with Crippen LogP contribution in [0.2, 0.25) is 0 Å². The average Bonchev–Trinajstić information content (AvgIpc) is 3.44. The molecule has 0 bridgehead atoms. The zero-order valence-electron chi connectivity index (χ0n) is 18.4. The predicted molar refractivity (Wildman–Crippen MR) is 117 cm³/mol. The van der Waals surface area contributed by atoms with E-state index in [0.29, 0.717) is 18.5 Å². The van der Waals surface area contributed by atoms with Gasteiger partial charge in [0.15, 0.2) is 5.69 Å². The van der Waals surface area contributed by atoms with Crippen LogP contribution in [0.15, 0.2) is 59.3 Å². The number of carboxylic acids is 1. The molecule has 0 atom stereocenters. The minimum Gasteiger partial charge on any atom is -0.476 e. The monoisotopic (exact) mass is 470 g/mol. The van der Waals surface area contributed by atoms with Gasteiger partial charge in [-0.1, -0.05) is 49.3 Å². The molecule has 1 N–H and O–H groups in total. The molecule has 2 aromatic heterocycles. The Morgan fingerprint density at radius 3 is 2.41 bits per heavy atom. The Morgan fingerprint density at radius 2 is 1.79 bits per heavy atom. The van der Waals surface area contributed by atoms with Crippen molar-refractivity contribution in [3.05, 3.63) is 77.1 Å². The molecule has 0 saturated carbocycles. The first-order valence-corrected chi connectivity index (χ1v) is 10.5. The Kier molecular flexibility index (Phi) is 6.23. The normalized spacial score (nSPS) is 11.8. The van der Waals surface area contributed by atoms with Gasteiger partial charge in [-0.15, -0.1) is 0 Å². The largest absolute Gasteiger partial charge is 0.476 e.